The molecule has 214 valence electrons. The Morgan fingerprint density at radius 2 is 1.55 bits per heavy atom. The van der Waals surface area contributed by atoms with E-state index in [4.69, 9.17) is 23.7 Å². The smallest absolute Gasteiger partial charge is 0.336 e. The number of carboxylic acids is 2. The van der Waals surface area contributed by atoms with Crippen LogP contribution in [0.3, 0.4) is 0 Å². The van der Waals surface area contributed by atoms with Gasteiger partial charge in [0.2, 0.25) is 6.79 Å². The number of rotatable bonds is 11. The average molecular weight is 569 g/mol. The number of ether oxygens (including phenoxy) is 5. The number of aliphatic carboxylic acids is 1. The van der Waals surface area contributed by atoms with Crippen LogP contribution in [-0.4, -0.2) is 43.2 Å². The maximum Gasteiger partial charge on any atom is 0.336 e. The van der Waals surface area contributed by atoms with Crippen LogP contribution in [0.15, 0.2) is 84.4 Å². The molecule has 1 aliphatic rings. The van der Waals surface area contributed by atoms with Gasteiger partial charge in [0.15, 0.2) is 11.5 Å². The molecule has 0 aliphatic carbocycles. The zero-order valence-electron chi connectivity index (χ0n) is 23.0. The van der Waals surface area contributed by atoms with E-state index in [9.17, 15) is 19.8 Å². The molecule has 0 radical (unpaired) electrons. The van der Waals surface area contributed by atoms with Crippen molar-refractivity contribution >= 4 is 18.0 Å². The zero-order chi connectivity index (χ0) is 29.6. The fraction of sp³-hybridized carbons (Fsp3) is 0.152. The number of fused-ring (bicyclic) bond motifs is 1. The highest BCUT2D eigenvalue weighted by Gasteiger charge is 2.21. The summed E-state index contributed by atoms with van der Waals surface area (Å²) in [5.41, 5.74) is 3.48. The summed E-state index contributed by atoms with van der Waals surface area (Å²) in [5.74, 6) is 0.434. The first kappa shape index (κ1) is 28.1. The highest BCUT2D eigenvalue weighted by molar-refractivity contribution is 5.95. The minimum atomic E-state index is -1.08. The van der Waals surface area contributed by atoms with Gasteiger partial charge in [-0.2, -0.15) is 0 Å². The monoisotopic (exact) mass is 568 g/mol. The Hall–Kier alpha value is -5.44. The number of hydrogen-bond donors (Lipinski definition) is 2. The van der Waals surface area contributed by atoms with Gasteiger partial charge in [0.25, 0.3) is 0 Å². The van der Waals surface area contributed by atoms with Gasteiger partial charge in [-0.15, -0.1) is 0 Å². The van der Waals surface area contributed by atoms with Gasteiger partial charge in [-0.3, -0.25) is 0 Å². The van der Waals surface area contributed by atoms with E-state index in [1.165, 1.54) is 13.2 Å². The molecule has 1 aliphatic heterocycles. The van der Waals surface area contributed by atoms with Crippen LogP contribution in [0.25, 0.3) is 17.2 Å². The summed E-state index contributed by atoms with van der Waals surface area (Å²) in [6, 6.07) is 22.7. The van der Waals surface area contributed by atoms with Crippen molar-refractivity contribution in [1.82, 2.24) is 0 Å². The van der Waals surface area contributed by atoms with E-state index in [-0.39, 0.29) is 31.0 Å². The van der Waals surface area contributed by atoms with Gasteiger partial charge in [-0.25, -0.2) is 9.59 Å². The number of hydrogen-bond acceptors (Lipinski definition) is 7. The number of methoxy groups -OCH3 is 2. The van der Waals surface area contributed by atoms with Gasteiger partial charge >= 0.3 is 11.9 Å². The Kier molecular flexibility index (Phi) is 8.29. The Bertz CT molecular complexity index is 1670. The molecule has 0 unspecified atom stereocenters. The second kappa shape index (κ2) is 12.4. The first-order chi connectivity index (χ1) is 20.4. The number of carboxylic acid groups (broad SMARTS) is 2. The van der Waals surface area contributed by atoms with Crippen LogP contribution in [0.2, 0.25) is 0 Å². The summed E-state index contributed by atoms with van der Waals surface area (Å²) in [5, 5.41) is 19.7. The molecule has 0 saturated carbocycles. The first-order valence-electron chi connectivity index (χ1n) is 13.0. The fourth-order valence-electron chi connectivity index (χ4n) is 4.72. The zero-order valence-corrected chi connectivity index (χ0v) is 23.0. The highest BCUT2D eigenvalue weighted by Crippen LogP contribution is 2.40. The molecular weight excluding hydrogens is 540 g/mol. The molecule has 0 amide bonds. The molecule has 42 heavy (non-hydrogen) atoms. The summed E-state index contributed by atoms with van der Waals surface area (Å²) in [7, 11) is 3.05. The van der Waals surface area contributed by atoms with E-state index in [2.05, 4.69) is 0 Å². The van der Waals surface area contributed by atoms with Crippen molar-refractivity contribution in [3.05, 3.63) is 107 Å². The van der Waals surface area contributed by atoms with E-state index in [0.29, 0.717) is 51.0 Å². The standard InChI is InChI=1S/C33H28O9/c1-38-24-11-12-27(29(16-24)40-18-21-8-4-6-10-26(21)33(36)37)25-9-5-3-7-20(25)13-23(32(34)35)14-22-15-30-31(42-19-41-30)17-28(22)39-2/h3-13,15-17H,14,18-19H2,1-2H3,(H,34,35)(H,36,37). The van der Waals surface area contributed by atoms with Crippen LogP contribution in [0.4, 0.5) is 0 Å². The minimum absolute atomic E-state index is 0.00489. The Labute approximate surface area is 242 Å². The SMILES string of the molecule is COc1ccc(-c2ccccc2C=C(Cc2cc3c(cc2OC)OCO3)C(=O)O)c(OCc2ccccc2C(=O)O)c1. The predicted octanol–water partition coefficient (Wildman–Crippen LogP) is 6.09. The van der Waals surface area contributed by atoms with Crippen LogP contribution in [0.1, 0.15) is 27.0 Å². The molecule has 5 rings (SSSR count). The van der Waals surface area contributed by atoms with Crippen molar-refractivity contribution in [3.63, 3.8) is 0 Å². The summed E-state index contributed by atoms with van der Waals surface area (Å²) in [6.45, 7) is 0.0933. The number of benzene rings is 4. The molecule has 0 fully saturated rings. The second-order valence-electron chi connectivity index (χ2n) is 9.37. The topological polar surface area (TPSA) is 121 Å². The van der Waals surface area contributed by atoms with E-state index >= 15 is 0 Å². The van der Waals surface area contributed by atoms with Crippen LogP contribution in [-0.2, 0) is 17.8 Å². The maximum atomic E-state index is 12.4. The van der Waals surface area contributed by atoms with Crippen molar-refractivity contribution in [2.24, 2.45) is 0 Å². The van der Waals surface area contributed by atoms with Crippen LogP contribution in [0, 0.1) is 0 Å². The molecule has 0 aromatic heterocycles. The summed E-state index contributed by atoms with van der Waals surface area (Å²) >= 11 is 0. The minimum Gasteiger partial charge on any atom is -0.497 e. The lowest BCUT2D eigenvalue weighted by Crippen LogP contribution is -2.06. The Balaban J connectivity index is 1.52. The normalized spacial score (nSPS) is 12.1. The lowest BCUT2D eigenvalue weighted by Gasteiger charge is -2.16. The quantitative estimate of drug-likeness (QED) is 0.207. The third-order valence-corrected chi connectivity index (χ3v) is 6.83. The maximum absolute atomic E-state index is 12.4. The predicted molar refractivity (Wildman–Crippen MR) is 155 cm³/mol. The molecule has 0 spiro atoms. The number of aromatic carboxylic acids is 1. The van der Waals surface area contributed by atoms with Crippen molar-refractivity contribution in [2.75, 3.05) is 21.0 Å². The molecule has 2 N–H and O–H groups in total. The lowest BCUT2D eigenvalue weighted by molar-refractivity contribution is -0.132. The summed E-state index contributed by atoms with van der Waals surface area (Å²) in [6.07, 6.45) is 1.69. The second-order valence-corrected chi connectivity index (χ2v) is 9.37. The highest BCUT2D eigenvalue weighted by atomic mass is 16.7. The summed E-state index contributed by atoms with van der Waals surface area (Å²) in [4.78, 5) is 24.1. The first-order valence-corrected chi connectivity index (χ1v) is 13.0. The Morgan fingerprint density at radius 3 is 2.29 bits per heavy atom. The molecule has 0 saturated heterocycles. The molecule has 0 atom stereocenters. The van der Waals surface area contributed by atoms with Gasteiger partial charge in [0, 0.05) is 40.8 Å². The van der Waals surface area contributed by atoms with Crippen molar-refractivity contribution < 1.29 is 43.5 Å². The van der Waals surface area contributed by atoms with Crippen molar-refractivity contribution in [2.45, 2.75) is 13.0 Å². The number of carbonyl (C=O) groups is 2. The van der Waals surface area contributed by atoms with E-state index in [1.807, 2.05) is 30.3 Å². The van der Waals surface area contributed by atoms with Gasteiger partial charge in [0.1, 0.15) is 23.9 Å². The van der Waals surface area contributed by atoms with E-state index in [0.717, 1.165) is 5.56 Å². The molecule has 4 aromatic rings. The Morgan fingerprint density at radius 1 is 0.810 bits per heavy atom. The van der Waals surface area contributed by atoms with Crippen LogP contribution in [0.5, 0.6) is 28.7 Å². The summed E-state index contributed by atoms with van der Waals surface area (Å²) < 4.78 is 28.0. The van der Waals surface area contributed by atoms with Crippen molar-refractivity contribution in [3.8, 4) is 39.9 Å². The van der Waals surface area contributed by atoms with Gasteiger partial charge in [-0.05, 0) is 41.5 Å². The van der Waals surface area contributed by atoms with E-state index < -0.39 is 11.9 Å². The molecule has 4 aromatic carbocycles. The average Bonchev–Trinajstić information content (AvgIpc) is 3.46. The van der Waals surface area contributed by atoms with Crippen molar-refractivity contribution in [1.29, 1.82) is 0 Å². The molecule has 0 bridgehead atoms. The van der Waals surface area contributed by atoms with Gasteiger partial charge in [-0.1, -0.05) is 42.5 Å². The molecule has 1 heterocycles. The molecule has 9 heteroatoms. The lowest BCUT2D eigenvalue weighted by atomic mass is 9.95. The molecule has 9 nitrogen and oxygen atoms in total. The third-order valence-electron chi connectivity index (χ3n) is 6.83. The van der Waals surface area contributed by atoms with Crippen LogP contribution < -0.4 is 23.7 Å². The van der Waals surface area contributed by atoms with E-state index in [1.54, 1.807) is 55.7 Å². The largest absolute Gasteiger partial charge is 0.497 e. The van der Waals surface area contributed by atoms with Crippen LogP contribution >= 0.6 is 0 Å². The van der Waals surface area contributed by atoms with Gasteiger partial charge in [0.05, 0.1) is 19.8 Å². The fourth-order valence-corrected chi connectivity index (χ4v) is 4.72. The third kappa shape index (κ3) is 6.00. The molecular formula is C33H28O9. The van der Waals surface area contributed by atoms with Gasteiger partial charge < -0.3 is 33.9 Å².